The monoisotopic (exact) mass is 417 g/mol. The molecule has 1 aliphatic rings. The van der Waals surface area contributed by atoms with Gasteiger partial charge in [0.15, 0.2) is 6.61 Å². The maximum absolute atomic E-state index is 12.9. The Balaban J connectivity index is 1.73. The van der Waals surface area contributed by atoms with E-state index in [9.17, 15) is 19.5 Å². The molecular formula is C23H19N3O5. The van der Waals surface area contributed by atoms with Crippen LogP contribution in [0.4, 0.5) is 4.79 Å². The van der Waals surface area contributed by atoms with Gasteiger partial charge in [-0.05, 0) is 53.8 Å². The number of allylic oxidation sites excluding steroid dienone is 1. The number of rotatable bonds is 4. The van der Waals surface area contributed by atoms with E-state index in [1.54, 1.807) is 36.4 Å². The number of fused-ring (bicyclic) bond motifs is 2. The van der Waals surface area contributed by atoms with Crippen LogP contribution < -0.4 is 11.1 Å². The molecule has 0 saturated carbocycles. The van der Waals surface area contributed by atoms with E-state index < -0.39 is 24.5 Å². The molecule has 0 atom stereocenters. The summed E-state index contributed by atoms with van der Waals surface area (Å²) in [6, 6.07) is 13.0. The minimum absolute atomic E-state index is 0.184. The van der Waals surface area contributed by atoms with E-state index >= 15 is 0 Å². The molecule has 4 rings (SSSR count). The van der Waals surface area contributed by atoms with Gasteiger partial charge in [-0.25, -0.2) is 14.6 Å². The molecule has 1 aliphatic carbocycles. The van der Waals surface area contributed by atoms with E-state index in [1.165, 1.54) is 0 Å². The Morgan fingerprint density at radius 1 is 1.10 bits per heavy atom. The van der Waals surface area contributed by atoms with E-state index in [1.807, 2.05) is 23.5 Å². The van der Waals surface area contributed by atoms with E-state index in [4.69, 9.17) is 15.5 Å². The molecule has 1 aromatic heterocycles. The second kappa shape index (κ2) is 8.27. The van der Waals surface area contributed by atoms with Gasteiger partial charge < -0.3 is 15.6 Å². The number of para-hydroxylation sites is 1. The number of hydrogen-bond donors (Lipinski definition) is 3. The van der Waals surface area contributed by atoms with Gasteiger partial charge in [0.2, 0.25) is 0 Å². The summed E-state index contributed by atoms with van der Waals surface area (Å²) < 4.78 is 5.16. The third-order valence-corrected chi connectivity index (χ3v) is 4.98. The minimum Gasteiger partial charge on any atom is -0.508 e. The number of phenols is 1. The number of phenolic OH excluding ortho intramolecular Hbond substituents is 1. The highest BCUT2D eigenvalue weighted by atomic mass is 16.5. The smallest absolute Gasteiger partial charge is 0.339 e. The molecule has 0 unspecified atom stereocenters. The first kappa shape index (κ1) is 20.1. The molecule has 2 aromatic carbocycles. The lowest BCUT2D eigenvalue weighted by molar-refractivity contribution is -0.123. The average Bonchev–Trinajstić information content (AvgIpc) is 3.13. The van der Waals surface area contributed by atoms with E-state index in [2.05, 4.69) is 0 Å². The summed E-state index contributed by atoms with van der Waals surface area (Å²) in [5, 5.41) is 12.0. The fourth-order valence-electron chi connectivity index (χ4n) is 3.66. The lowest BCUT2D eigenvalue weighted by atomic mass is 10.0. The number of aromatic hydroxyl groups is 1. The molecule has 31 heavy (non-hydrogen) atoms. The number of nitrogens with one attached hydrogen (secondary N) is 1. The number of amides is 3. The van der Waals surface area contributed by atoms with Crippen molar-refractivity contribution in [2.24, 2.45) is 5.73 Å². The fraction of sp³-hybridized carbons (Fsp3) is 0.130. The SMILES string of the molecule is NC(=O)NC(=O)COC(=O)c1c2c(nc3ccccc13)C(=Cc1ccc(O)cc1)CC2. The predicted octanol–water partition coefficient (Wildman–Crippen LogP) is 2.78. The van der Waals surface area contributed by atoms with Crippen LogP contribution >= 0.6 is 0 Å². The molecule has 0 fully saturated rings. The zero-order chi connectivity index (χ0) is 22.0. The Labute approximate surface area is 177 Å². The van der Waals surface area contributed by atoms with Crippen LogP contribution in [0.1, 0.15) is 33.6 Å². The molecule has 8 nitrogen and oxygen atoms in total. The van der Waals surface area contributed by atoms with Crippen LogP contribution in [0.5, 0.6) is 5.75 Å². The summed E-state index contributed by atoms with van der Waals surface area (Å²) in [5.74, 6) is -1.28. The number of hydrogen-bond acceptors (Lipinski definition) is 6. The number of nitrogens with zero attached hydrogens (tertiary/aromatic N) is 1. The molecule has 3 aromatic rings. The highest BCUT2D eigenvalue weighted by Crippen LogP contribution is 2.37. The highest BCUT2D eigenvalue weighted by molar-refractivity contribution is 6.08. The molecule has 1 heterocycles. The Morgan fingerprint density at radius 3 is 2.58 bits per heavy atom. The normalized spacial score (nSPS) is 13.7. The van der Waals surface area contributed by atoms with E-state index in [0.717, 1.165) is 16.7 Å². The van der Waals surface area contributed by atoms with Gasteiger partial charge in [0, 0.05) is 5.39 Å². The van der Waals surface area contributed by atoms with E-state index in [-0.39, 0.29) is 5.75 Å². The number of primary amides is 1. The van der Waals surface area contributed by atoms with Crippen LogP contribution in [0.15, 0.2) is 48.5 Å². The summed E-state index contributed by atoms with van der Waals surface area (Å²) in [4.78, 5) is 40.1. The van der Waals surface area contributed by atoms with Crippen molar-refractivity contribution in [3.8, 4) is 5.75 Å². The zero-order valence-corrected chi connectivity index (χ0v) is 16.4. The van der Waals surface area contributed by atoms with Crippen molar-refractivity contribution in [1.82, 2.24) is 10.3 Å². The second-order valence-electron chi connectivity index (χ2n) is 7.08. The third-order valence-electron chi connectivity index (χ3n) is 4.98. The summed E-state index contributed by atoms with van der Waals surface area (Å²) >= 11 is 0. The van der Waals surface area contributed by atoms with Crippen molar-refractivity contribution in [2.45, 2.75) is 12.8 Å². The maximum atomic E-state index is 12.9. The number of aromatic nitrogens is 1. The van der Waals surface area contributed by atoms with Gasteiger partial charge in [-0.1, -0.05) is 30.3 Å². The number of benzene rings is 2. The first-order valence-corrected chi connectivity index (χ1v) is 9.60. The lowest BCUT2D eigenvalue weighted by Crippen LogP contribution is -2.37. The van der Waals surface area contributed by atoms with E-state index in [0.29, 0.717) is 35.0 Å². The van der Waals surface area contributed by atoms with Crippen LogP contribution in [-0.4, -0.2) is 34.6 Å². The lowest BCUT2D eigenvalue weighted by Gasteiger charge is -2.12. The summed E-state index contributed by atoms with van der Waals surface area (Å²) in [7, 11) is 0. The molecule has 0 radical (unpaired) electrons. The molecule has 3 amide bonds. The Hall–Kier alpha value is -4.20. The maximum Gasteiger partial charge on any atom is 0.339 e. The van der Waals surface area contributed by atoms with Crippen molar-refractivity contribution < 1.29 is 24.2 Å². The standard InChI is InChI=1S/C23H19N3O5/c24-23(30)26-19(28)12-31-22(29)20-16-3-1-2-4-18(16)25-21-14(7-10-17(20)21)11-13-5-8-15(27)9-6-13/h1-6,8-9,11,27H,7,10,12H2,(H3,24,26,28,30). The van der Waals surface area contributed by atoms with Crippen LogP contribution in [0.3, 0.4) is 0 Å². The van der Waals surface area contributed by atoms with Crippen molar-refractivity contribution in [2.75, 3.05) is 6.61 Å². The van der Waals surface area contributed by atoms with Crippen LogP contribution in [0, 0.1) is 0 Å². The third kappa shape index (κ3) is 4.23. The number of carbonyl (C=O) groups excluding carboxylic acids is 3. The number of pyridine rings is 1. The average molecular weight is 417 g/mol. The van der Waals surface area contributed by atoms with Crippen molar-refractivity contribution >= 4 is 40.5 Å². The number of urea groups is 1. The Bertz CT molecular complexity index is 1230. The Morgan fingerprint density at radius 2 is 1.84 bits per heavy atom. The number of carbonyl (C=O) groups is 3. The number of imide groups is 1. The second-order valence-corrected chi connectivity index (χ2v) is 7.08. The van der Waals surface area contributed by atoms with Gasteiger partial charge in [-0.3, -0.25) is 10.1 Å². The topological polar surface area (TPSA) is 132 Å². The van der Waals surface area contributed by atoms with Crippen molar-refractivity contribution in [3.63, 3.8) is 0 Å². The van der Waals surface area contributed by atoms with Gasteiger partial charge >= 0.3 is 12.0 Å². The first-order valence-electron chi connectivity index (χ1n) is 9.60. The molecule has 8 heteroatoms. The van der Waals surface area contributed by atoms with Crippen molar-refractivity contribution in [1.29, 1.82) is 0 Å². The summed E-state index contributed by atoms with van der Waals surface area (Å²) in [6.07, 6.45) is 3.25. The first-order chi connectivity index (χ1) is 14.9. The summed E-state index contributed by atoms with van der Waals surface area (Å²) in [6.45, 7) is -0.622. The quantitative estimate of drug-likeness (QED) is 0.559. The Kier molecular flexibility index (Phi) is 5.36. The zero-order valence-electron chi connectivity index (χ0n) is 16.4. The molecular weight excluding hydrogens is 398 g/mol. The molecule has 0 aliphatic heterocycles. The van der Waals surface area contributed by atoms with Gasteiger partial charge in [0.1, 0.15) is 5.75 Å². The largest absolute Gasteiger partial charge is 0.508 e. The molecule has 0 spiro atoms. The van der Waals surface area contributed by atoms with Gasteiger partial charge in [0.05, 0.1) is 16.8 Å². The van der Waals surface area contributed by atoms with Gasteiger partial charge in [-0.2, -0.15) is 0 Å². The molecule has 4 N–H and O–H groups in total. The number of esters is 1. The molecule has 0 saturated heterocycles. The molecule has 0 bridgehead atoms. The molecule has 156 valence electrons. The number of nitrogens with two attached hydrogens (primary N) is 1. The van der Waals surface area contributed by atoms with Crippen molar-refractivity contribution in [3.05, 3.63) is 70.9 Å². The summed E-state index contributed by atoms with van der Waals surface area (Å²) in [5.41, 5.74) is 9.23. The van der Waals surface area contributed by atoms with Crippen LogP contribution in [-0.2, 0) is 16.0 Å². The number of ether oxygens (including phenoxy) is 1. The van der Waals surface area contributed by atoms with Gasteiger partial charge in [-0.15, -0.1) is 0 Å². The highest BCUT2D eigenvalue weighted by Gasteiger charge is 2.28. The fourth-order valence-corrected chi connectivity index (χ4v) is 3.66. The van der Waals surface area contributed by atoms with Crippen LogP contribution in [0.25, 0.3) is 22.6 Å². The minimum atomic E-state index is -1.01. The van der Waals surface area contributed by atoms with Gasteiger partial charge in [0.25, 0.3) is 5.91 Å². The predicted molar refractivity (Wildman–Crippen MR) is 114 cm³/mol. The van der Waals surface area contributed by atoms with Crippen LogP contribution in [0.2, 0.25) is 0 Å².